The minimum atomic E-state index is 0.662. The Balaban J connectivity index is 1.68. The molecule has 0 aliphatic carbocycles. The molecule has 5 heteroatoms. The zero-order valence-corrected chi connectivity index (χ0v) is 15.7. The summed E-state index contributed by atoms with van der Waals surface area (Å²) in [6.07, 6.45) is 0. The maximum absolute atomic E-state index is 6.14. The van der Waals surface area contributed by atoms with Crippen molar-refractivity contribution in [2.75, 3.05) is 17.6 Å². The van der Waals surface area contributed by atoms with Gasteiger partial charge in [0.2, 0.25) is 0 Å². The summed E-state index contributed by atoms with van der Waals surface area (Å²) in [5, 5.41) is 7.98. The first-order valence-corrected chi connectivity index (χ1v) is 9.43. The van der Waals surface area contributed by atoms with Gasteiger partial charge in [0.1, 0.15) is 0 Å². The van der Waals surface area contributed by atoms with Gasteiger partial charge < -0.3 is 10.6 Å². The SMILES string of the molecule is Cc1ccc(NC(=S)NCCSCc2ccccc2Cl)c(C)c1. The van der Waals surface area contributed by atoms with E-state index in [1.54, 1.807) is 0 Å². The van der Waals surface area contributed by atoms with Crippen LogP contribution in [0.25, 0.3) is 0 Å². The second-order valence-electron chi connectivity index (χ2n) is 5.34. The van der Waals surface area contributed by atoms with E-state index < -0.39 is 0 Å². The smallest absolute Gasteiger partial charge is 0.170 e. The van der Waals surface area contributed by atoms with Crippen molar-refractivity contribution < 1.29 is 0 Å². The van der Waals surface area contributed by atoms with Crippen molar-refractivity contribution in [2.45, 2.75) is 19.6 Å². The molecule has 0 fully saturated rings. The molecule has 0 aliphatic rings. The summed E-state index contributed by atoms with van der Waals surface area (Å²) in [4.78, 5) is 0. The molecule has 0 aliphatic heterocycles. The van der Waals surface area contributed by atoms with Gasteiger partial charge in [0, 0.05) is 28.8 Å². The second kappa shape index (κ2) is 9.16. The Kier molecular flexibility index (Phi) is 7.21. The van der Waals surface area contributed by atoms with Crippen LogP contribution < -0.4 is 10.6 Å². The molecule has 0 unspecified atom stereocenters. The van der Waals surface area contributed by atoms with Gasteiger partial charge in [-0.05, 0) is 49.3 Å². The molecule has 2 nitrogen and oxygen atoms in total. The van der Waals surface area contributed by atoms with Crippen molar-refractivity contribution in [3.05, 3.63) is 64.2 Å². The van der Waals surface area contributed by atoms with E-state index in [-0.39, 0.29) is 0 Å². The number of hydrogen-bond acceptors (Lipinski definition) is 2. The van der Waals surface area contributed by atoms with Crippen molar-refractivity contribution in [3.63, 3.8) is 0 Å². The average Bonchev–Trinajstić information content (AvgIpc) is 2.51. The zero-order chi connectivity index (χ0) is 16.7. The van der Waals surface area contributed by atoms with Gasteiger partial charge >= 0.3 is 0 Å². The fourth-order valence-electron chi connectivity index (χ4n) is 2.15. The highest BCUT2D eigenvalue weighted by molar-refractivity contribution is 7.98. The first-order valence-electron chi connectivity index (χ1n) is 7.49. The molecule has 2 aromatic carbocycles. The standard InChI is InChI=1S/C18H21ClN2S2/c1-13-7-8-17(14(2)11-13)21-18(22)20-9-10-23-12-15-5-3-4-6-16(15)19/h3-8,11H,9-10,12H2,1-2H3,(H2,20,21,22). The Morgan fingerprint density at radius 3 is 2.70 bits per heavy atom. The first kappa shape index (κ1) is 18.1. The molecule has 0 atom stereocenters. The van der Waals surface area contributed by atoms with Gasteiger partial charge in [0.15, 0.2) is 5.11 Å². The van der Waals surface area contributed by atoms with Gasteiger partial charge in [-0.1, -0.05) is 47.5 Å². The summed E-state index contributed by atoms with van der Waals surface area (Å²) < 4.78 is 0. The van der Waals surface area contributed by atoms with Crippen LogP contribution in [-0.4, -0.2) is 17.4 Å². The molecule has 0 radical (unpaired) electrons. The van der Waals surface area contributed by atoms with Crippen LogP contribution in [0.3, 0.4) is 0 Å². The number of thiocarbonyl (C=S) groups is 1. The monoisotopic (exact) mass is 364 g/mol. The van der Waals surface area contributed by atoms with E-state index in [0.29, 0.717) is 5.11 Å². The molecule has 122 valence electrons. The Labute approximate surface area is 153 Å². The molecule has 2 N–H and O–H groups in total. The number of aryl methyl sites for hydroxylation is 2. The molecule has 2 rings (SSSR count). The summed E-state index contributed by atoms with van der Waals surface area (Å²) >= 11 is 13.3. The summed E-state index contributed by atoms with van der Waals surface area (Å²) in [5.74, 6) is 1.89. The fraction of sp³-hybridized carbons (Fsp3) is 0.278. The van der Waals surface area contributed by atoms with Crippen LogP contribution >= 0.6 is 35.6 Å². The molecule has 2 aromatic rings. The predicted molar refractivity (Wildman–Crippen MR) is 108 cm³/mol. The average molecular weight is 365 g/mol. The van der Waals surface area contributed by atoms with Crippen LogP contribution in [0.15, 0.2) is 42.5 Å². The molecule has 0 bridgehead atoms. The maximum atomic E-state index is 6.14. The van der Waals surface area contributed by atoms with E-state index >= 15 is 0 Å². The topological polar surface area (TPSA) is 24.1 Å². The quantitative estimate of drug-likeness (QED) is 0.545. The molecular weight excluding hydrogens is 344 g/mol. The Morgan fingerprint density at radius 2 is 1.96 bits per heavy atom. The van der Waals surface area contributed by atoms with Gasteiger partial charge in [-0.15, -0.1) is 0 Å². The molecular formula is C18H21ClN2S2. The van der Waals surface area contributed by atoms with E-state index in [1.807, 2.05) is 30.0 Å². The van der Waals surface area contributed by atoms with Crippen LogP contribution in [0.1, 0.15) is 16.7 Å². The number of benzene rings is 2. The fourth-order valence-corrected chi connectivity index (χ4v) is 3.51. The normalized spacial score (nSPS) is 10.4. The number of hydrogen-bond donors (Lipinski definition) is 2. The lowest BCUT2D eigenvalue weighted by molar-refractivity contribution is 0.989. The molecule has 0 heterocycles. The van der Waals surface area contributed by atoms with E-state index in [2.05, 4.69) is 48.7 Å². The molecule has 0 amide bonds. The number of thioether (sulfide) groups is 1. The van der Waals surface area contributed by atoms with Crippen LogP contribution in [0.2, 0.25) is 5.02 Å². The van der Waals surface area contributed by atoms with Crippen molar-refractivity contribution in [1.29, 1.82) is 0 Å². The van der Waals surface area contributed by atoms with E-state index in [4.69, 9.17) is 23.8 Å². The van der Waals surface area contributed by atoms with Crippen LogP contribution in [0.4, 0.5) is 5.69 Å². The third kappa shape index (κ3) is 6.05. The van der Waals surface area contributed by atoms with E-state index in [9.17, 15) is 0 Å². The molecule has 0 spiro atoms. The second-order valence-corrected chi connectivity index (χ2v) is 7.26. The van der Waals surface area contributed by atoms with Crippen molar-refractivity contribution >= 4 is 46.4 Å². The van der Waals surface area contributed by atoms with Crippen LogP contribution in [0.5, 0.6) is 0 Å². The third-order valence-electron chi connectivity index (χ3n) is 3.38. The summed E-state index contributed by atoms with van der Waals surface area (Å²) in [6.45, 7) is 4.99. The van der Waals surface area contributed by atoms with Crippen molar-refractivity contribution in [2.24, 2.45) is 0 Å². The Hall–Kier alpha value is -1.23. The third-order valence-corrected chi connectivity index (χ3v) is 5.00. The van der Waals surface area contributed by atoms with Crippen LogP contribution in [-0.2, 0) is 5.75 Å². The molecule has 0 aromatic heterocycles. The number of rotatable bonds is 6. The van der Waals surface area contributed by atoms with Gasteiger partial charge in [0.05, 0.1) is 0 Å². The molecule has 23 heavy (non-hydrogen) atoms. The minimum Gasteiger partial charge on any atom is -0.362 e. The largest absolute Gasteiger partial charge is 0.362 e. The zero-order valence-electron chi connectivity index (χ0n) is 13.4. The number of halogens is 1. The van der Waals surface area contributed by atoms with Gasteiger partial charge in [-0.2, -0.15) is 11.8 Å². The highest BCUT2D eigenvalue weighted by Gasteiger charge is 2.02. The van der Waals surface area contributed by atoms with Crippen LogP contribution in [0, 0.1) is 13.8 Å². The highest BCUT2D eigenvalue weighted by Crippen LogP contribution is 2.20. The summed E-state index contributed by atoms with van der Waals surface area (Å²) in [7, 11) is 0. The van der Waals surface area contributed by atoms with Gasteiger partial charge in [-0.3, -0.25) is 0 Å². The van der Waals surface area contributed by atoms with E-state index in [1.165, 1.54) is 16.7 Å². The lowest BCUT2D eigenvalue weighted by Crippen LogP contribution is -2.30. The Morgan fingerprint density at radius 1 is 1.17 bits per heavy atom. The van der Waals surface area contributed by atoms with Crippen molar-refractivity contribution in [3.8, 4) is 0 Å². The lowest BCUT2D eigenvalue weighted by atomic mass is 10.1. The number of anilines is 1. The summed E-state index contributed by atoms with van der Waals surface area (Å²) in [6, 6.07) is 14.2. The summed E-state index contributed by atoms with van der Waals surface area (Å²) in [5.41, 5.74) is 4.68. The highest BCUT2D eigenvalue weighted by atomic mass is 35.5. The first-order chi connectivity index (χ1) is 11.1. The van der Waals surface area contributed by atoms with E-state index in [0.717, 1.165) is 28.8 Å². The predicted octanol–water partition coefficient (Wildman–Crippen LogP) is 5.18. The maximum Gasteiger partial charge on any atom is 0.170 e. The molecule has 0 saturated heterocycles. The lowest BCUT2D eigenvalue weighted by Gasteiger charge is -2.13. The molecule has 0 saturated carbocycles. The Bertz CT molecular complexity index is 674. The van der Waals surface area contributed by atoms with Crippen molar-refractivity contribution in [1.82, 2.24) is 5.32 Å². The minimum absolute atomic E-state index is 0.662. The number of nitrogens with one attached hydrogen (secondary N) is 2. The van der Waals surface area contributed by atoms with Gasteiger partial charge in [0.25, 0.3) is 0 Å². The van der Waals surface area contributed by atoms with Gasteiger partial charge in [-0.25, -0.2) is 0 Å².